The minimum absolute atomic E-state index is 0.0553. The van der Waals surface area contributed by atoms with Crippen LogP contribution in [0.1, 0.15) is 28.4 Å². The van der Waals surface area contributed by atoms with E-state index in [9.17, 15) is 14.0 Å². The third-order valence-electron chi connectivity index (χ3n) is 3.23. The van der Waals surface area contributed by atoms with Crippen molar-refractivity contribution in [3.8, 4) is 11.8 Å². The molecule has 0 fully saturated rings. The number of alkyl carbamates (subject to hydrolysis) is 1. The summed E-state index contributed by atoms with van der Waals surface area (Å²) in [5.41, 5.74) is 1.15. The zero-order chi connectivity index (χ0) is 18.8. The van der Waals surface area contributed by atoms with Crippen LogP contribution in [0.5, 0.6) is 0 Å². The zero-order valence-electron chi connectivity index (χ0n) is 14.3. The number of carbonyl (C=O) groups excluding carboxylic acids is 2. The topological polar surface area (TPSA) is 64.6 Å². The number of amides is 1. The summed E-state index contributed by atoms with van der Waals surface area (Å²) < 4.78 is 23.5. The molecule has 1 N–H and O–H groups in total. The molecule has 134 valence electrons. The highest BCUT2D eigenvalue weighted by Crippen LogP contribution is 2.11. The van der Waals surface area contributed by atoms with E-state index >= 15 is 0 Å². The summed E-state index contributed by atoms with van der Waals surface area (Å²) in [5, 5.41) is 2.49. The number of halogens is 1. The van der Waals surface area contributed by atoms with Gasteiger partial charge in [-0.3, -0.25) is 0 Å². The largest absolute Gasteiger partial charge is 0.462 e. The van der Waals surface area contributed by atoms with Crippen molar-refractivity contribution in [2.24, 2.45) is 0 Å². The van der Waals surface area contributed by atoms with E-state index in [1.54, 1.807) is 6.92 Å². The van der Waals surface area contributed by atoms with E-state index in [0.717, 1.165) is 11.6 Å². The van der Waals surface area contributed by atoms with Crippen LogP contribution >= 0.6 is 0 Å². The van der Waals surface area contributed by atoms with Gasteiger partial charge in [-0.25, -0.2) is 14.0 Å². The summed E-state index contributed by atoms with van der Waals surface area (Å²) in [6, 6.07) is 13.2. The molecule has 0 spiro atoms. The maximum atomic E-state index is 13.6. The second-order valence-electron chi connectivity index (χ2n) is 5.13. The first-order valence-corrected chi connectivity index (χ1v) is 8.00. The molecule has 6 heteroatoms. The van der Waals surface area contributed by atoms with Crippen molar-refractivity contribution in [1.82, 2.24) is 5.32 Å². The van der Waals surface area contributed by atoms with Crippen LogP contribution in [0.4, 0.5) is 9.18 Å². The molecule has 2 aromatic carbocycles. The summed E-state index contributed by atoms with van der Waals surface area (Å²) in [5.74, 6) is 4.05. The Morgan fingerprint density at radius 1 is 1.12 bits per heavy atom. The Labute approximate surface area is 151 Å². The van der Waals surface area contributed by atoms with Gasteiger partial charge in [-0.2, -0.15) is 0 Å². The predicted octanol–water partition coefficient (Wildman–Crippen LogP) is 3.28. The molecule has 1 amide bonds. The molecule has 0 aliphatic heterocycles. The highest BCUT2D eigenvalue weighted by Gasteiger charge is 2.12. The van der Waals surface area contributed by atoms with Crippen molar-refractivity contribution in [2.75, 3.05) is 13.2 Å². The van der Waals surface area contributed by atoms with Gasteiger partial charge >= 0.3 is 12.1 Å². The fraction of sp³-hybridized carbons (Fsp3) is 0.200. The van der Waals surface area contributed by atoms with Crippen molar-refractivity contribution >= 4 is 12.1 Å². The minimum atomic E-state index is -0.740. The molecule has 0 aliphatic rings. The SMILES string of the molecule is CCOC(=O)c1cc(C#CCNC(=O)OCc2ccccc2)ccc1F. The van der Waals surface area contributed by atoms with E-state index in [0.29, 0.717) is 5.56 Å². The van der Waals surface area contributed by atoms with E-state index in [2.05, 4.69) is 17.2 Å². The molecule has 5 nitrogen and oxygen atoms in total. The highest BCUT2D eigenvalue weighted by molar-refractivity contribution is 5.90. The van der Waals surface area contributed by atoms with E-state index in [1.807, 2.05) is 30.3 Å². The van der Waals surface area contributed by atoms with Gasteiger partial charge in [0, 0.05) is 5.56 Å². The molecule has 0 saturated heterocycles. The summed E-state index contributed by atoms with van der Waals surface area (Å²) in [6.45, 7) is 2.02. The number of hydrogen-bond acceptors (Lipinski definition) is 4. The quantitative estimate of drug-likeness (QED) is 0.660. The Kier molecular flexibility index (Phi) is 7.19. The van der Waals surface area contributed by atoms with Crippen molar-refractivity contribution in [3.05, 3.63) is 71.0 Å². The molecular weight excluding hydrogens is 337 g/mol. The molecule has 0 bridgehead atoms. The zero-order valence-corrected chi connectivity index (χ0v) is 14.3. The molecule has 0 unspecified atom stereocenters. The summed E-state index contributed by atoms with van der Waals surface area (Å²) in [7, 11) is 0. The number of benzene rings is 2. The van der Waals surface area contributed by atoms with Gasteiger partial charge in [-0.15, -0.1) is 0 Å². The van der Waals surface area contributed by atoms with E-state index < -0.39 is 17.9 Å². The molecule has 0 atom stereocenters. The molecule has 0 aliphatic carbocycles. The molecule has 2 aromatic rings. The van der Waals surface area contributed by atoms with Gasteiger partial charge in [0.05, 0.1) is 18.7 Å². The fourth-order valence-electron chi connectivity index (χ4n) is 2.01. The average molecular weight is 355 g/mol. The number of rotatable bonds is 5. The van der Waals surface area contributed by atoms with E-state index in [-0.39, 0.29) is 25.3 Å². The Balaban J connectivity index is 1.85. The fourth-order valence-corrected chi connectivity index (χ4v) is 2.01. The summed E-state index contributed by atoms with van der Waals surface area (Å²) in [4.78, 5) is 23.2. The molecular formula is C20H18FNO4. The summed E-state index contributed by atoms with van der Waals surface area (Å²) in [6.07, 6.45) is -0.588. The van der Waals surface area contributed by atoms with Gasteiger partial charge in [0.15, 0.2) is 0 Å². The maximum Gasteiger partial charge on any atom is 0.408 e. The van der Waals surface area contributed by atoms with Crippen molar-refractivity contribution < 1.29 is 23.5 Å². The molecule has 26 heavy (non-hydrogen) atoms. The molecule has 0 aromatic heterocycles. The predicted molar refractivity (Wildman–Crippen MR) is 93.9 cm³/mol. The third-order valence-corrected chi connectivity index (χ3v) is 3.23. The summed E-state index contributed by atoms with van der Waals surface area (Å²) >= 11 is 0. The maximum absolute atomic E-state index is 13.6. The van der Waals surface area contributed by atoms with Crippen LogP contribution in [0.3, 0.4) is 0 Å². The van der Waals surface area contributed by atoms with Crippen LogP contribution < -0.4 is 5.32 Å². The first-order chi connectivity index (χ1) is 12.6. The van der Waals surface area contributed by atoms with E-state index in [1.165, 1.54) is 12.1 Å². The Bertz CT molecular complexity index is 825. The minimum Gasteiger partial charge on any atom is -0.462 e. The number of nitrogens with one attached hydrogen (secondary N) is 1. The van der Waals surface area contributed by atoms with Crippen molar-refractivity contribution in [2.45, 2.75) is 13.5 Å². The lowest BCUT2D eigenvalue weighted by molar-refractivity contribution is 0.0521. The van der Waals surface area contributed by atoms with Crippen molar-refractivity contribution in [1.29, 1.82) is 0 Å². The van der Waals surface area contributed by atoms with Gasteiger partial charge in [-0.05, 0) is 30.7 Å². The Morgan fingerprint density at radius 3 is 2.62 bits per heavy atom. The van der Waals surface area contributed by atoms with Crippen LogP contribution in [-0.4, -0.2) is 25.2 Å². The van der Waals surface area contributed by atoms with Gasteiger partial charge in [0.2, 0.25) is 0 Å². The van der Waals surface area contributed by atoms with E-state index in [4.69, 9.17) is 9.47 Å². The number of esters is 1. The molecule has 0 heterocycles. The number of hydrogen-bond donors (Lipinski definition) is 1. The lowest BCUT2D eigenvalue weighted by Gasteiger charge is -2.04. The van der Waals surface area contributed by atoms with Gasteiger partial charge in [-0.1, -0.05) is 42.2 Å². The average Bonchev–Trinajstić information content (AvgIpc) is 2.65. The molecule has 0 radical (unpaired) electrons. The molecule has 0 saturated carbocycles. The number of carbonyl (C=O) groups is 2. The van der Waals surface area contributed by atoms with Crippen LogP contribution in [0.2, 0.25) is 0 Å². The van der Waals surface area contributed by atoms with Crippen molar-refractivity contribution in [3.63, 3.8) is 0 Å². The Morgan fingerprint density at radius 2 is 1.88 bits per heavy atom. The number of ether oxygens (including phenoxy) is 2. The standard InChI is InChI=1S/C20H18FNO4/c1-2-25-19(23)17-13-15(10-11-18(17)21)9-6-12-22-20(24)26-14-16-7-4-3-5-8-16/h3-5,7-8,10-11,13H,2,12,14H2,1H3,(H,22,24). The first-order valence-electron chi connectivity index (χ1n) is 8.00. The van der Waals surface area contributed by atoms with Gasteiger partial charge in [0.25, 0.3) is 0 Å². The van der Waals surface area contributed by atoms with Gasteiger partial charge < -0.3 is 14.8 Å². The van der Waals surface area contributed by atoms with Gasteiger partial charge in [0.1, 0.15) is 12.4 Å². The lowest BCUT2D eigenvalue weighted by Crippen LogP contribution is -2.24. The second kappa shape index (κ2) is 9.84. The first kappa shape index (κ1) is 19.0. The second-order valence-corrected chi connectivity index (χ2v) is 5.13. The monoisotopic (exact) mass is 355 g/mol. The van der Waals surface area contributed by atoms with Crippen LogP contribution in [-0.2, 0) is 16.1 Å². The van der Waals surface area contributed by atoms with Crippen LogP contribution in [0.15, 0.2) is 48.5 Å². The smallest absolute Gasteiger partial charge is 0.408 e. The lowest BCUT2D eigenvalue weighted by atomic mass is 10.1. The molecule has 2 rings (SSSR count). The highest BCUT2D eigenvalue weighted by atomic mass is 19.1. The Hall–Kier alpha value is -3.33. The third kappa shape index (κ3) is 5.95. The van der Waals surface area contributed by atoms with Crippen LogP contribution in [0.25, 0.3) is 0 Å². The van der Waals surface area contributed by atoms with Crippen LogP contribution in [0, 0.1) is 17.7 Å². The normalized spacial score (nSPS) is 9.62.